The molecule has 0 saturated carbocycles. The number of alkyl halides is 1. The number of fused-ring (bicyclic) bond motifs is 2. The number of nitrogens with one attached hydrogen (secondary N) is 4. The van der Waals surface area contributed by atoms with E-state index < -0.39 is 5.38 Å². The molecule has 2 aromatic rings. The van der Waals surface area contributed by atoms with Crippen LogP contribution in [0, 0.1) is 48.3 Å². The Hall–Kier alpha value is -6.64. The number of cyclic esters (lactones) is 4. The summed E-state index contributed by atoms with van der Waals surface area (Å²) in [5.41, 5.74) is 5.06. The number of esters is 4. The Labute approximate surface area is 494 Å². The first-order valence-corrected chi connectivity index (χ1v) is 29.3. The molecule has 4 N–H and O–H groups in total. The Morgan fingerprint density at radius 3 is 1.76 bits per heavy atom. The lowest BCUT2D eigenvalue weighted by Crippen LogP contribution is -2.38. The fraction of sp³-hybridized carbons (Fsp3) is 0.597. The van der Waals surface area contributed by atoms with Gasteiger partial charge in [-0.3, -0.25) is 43.7 Å². The summed E-state index contributed by atoms with van der Waals surface area (Å²) in [7, 11) is 1.86. The zero-order chi connectivity index (χ0) is 61.7. The summed E-state index contributed by atoms with van der Waals surface area (Å²) in [5, 5.41) is 10.7. The van der Waals surface area contributed by atoms with Crippen LogP contribution in [0.2, 0.25) is 0 Å². The smallest absolute Gasteiger partial charge is 0.334 e. The molecule has 7 saturated heterocycles. The maximum absolute atomic E-state index is 11.4. The molecule has 83 heavy (non-hydrogen) atoms. The van der Waals surface area contributed by atoms with E-state index in [1.54, 1.807) is 18.7 Å². The van der Waals surface area contributed by atoms with Gasteiger partial charge in [0.05, 0.1) is 36.5 Å². The van der Waals surface area contributed by atoms with Gasteiger partial charge in [-0.1, -0.05) is 87.9 Å². The van der Waals surface area contributed by atoms with Gasteiger partial charge in [0.25, 0.3) is 0 Å². The summed E-state index contributed by atoms with van der Waals surface area (Å²) in [6.07, 6.45) is 7.29. The Morgan fingerprint density at radius 1 is 0.735 bits per heavy atom. The highest BCUT2D eigenvalue weighted by molar-refractivity contribution is 6.30. The Kier molecular flexibility index (Phi) is 27.9. The Bertz CT molecular complexity index is 2570. The minimum Gasteiger partial charge on any atom is -0.464 e. The number of carbonyl (C=O) groups excluding carboxylic acids is 9. The van der Waals surface area contributed by atoms with Crippen LogP contribution < -0.4 is 21.3 Å². The minimum atomic E-state index is -0.407. The molecule has 0 spiro atoms. The van der Waals surface area contributed by atoms with Crippen LogP contribution in [0.5, 0.6) is 0 Å². The van der Waals surface area contributed by atoms with Gasteiger partial charge in [-0.15, -0.1) is 11.6 Å². The summed E-state index contributed by atoms with van der Waals surface area (Å²) in [4.78, 5) is 99.1. The van der Waals surface area contributed by atoms with E-state index in [0.717, 1.165) is 54.6 Å². The number of aryl methyl sites for hydroxylation is 1. The first kappa shape index (κ1) is 68.9. The quantitative estimate of drug-likeness (QED) is 0.0689. The molecule has 1 aliphatic carbocycles. The number of benzene rings is 2. The average Bonchev–Trinajstić information content (AvgIpc) is 4.43. The Balaban J connectivity index is 0.000000207. The normalized spacial score (nSPS) is 29.7. The maximum atomic E-state index is 11.4. The molecule has 5 amide bonds. The lowest BCUT2D eigenvalue weighted by molar-refractivity contribution is -0.150. The summed E-state index contributed by atoms with van der Waals surface area (Å²) < 4.78 is 30.8. The van der Waals surface area contributed by atoms with Crippen LogP contribution in [0.15, 0.2) is 72.3 Å². The van der Waals surface area contributed by atoms with Crippen LogP contribution in [0.3, 0.4) is 0 Å². The number of para-hydroxylation sites is 1. The van der Waals surface area contributed by atoms with E-state index in [-0.39, 0.29) is 119 Å². The predicted octanol–water partition coefficient (Wildman–Crippen LogP) is 6.90. The second kappa shape index (κ2) is 33.6. The molecule has 14 unspecified atom stereocenters. The van der Waals surface area contributed by atoms with Gasteiger partial charge in [-0.2, -0.15) is 0 Å². The molecule has 2 aromatic carbocycles. The molecule has 9 aliphatic rings. The molecule has 8 heterocycles. The van der Waals surface area contributed by atoms with E-state index >= 15 is 0 Å². The fourth-order valence-electron chi connectivity index (χ4n) is 9.39. The number of rotatable bonds is 8. The SMILES string of the molecule is CC1=C(c2cccc(C)c2)COC1=O.CC1C(=O)NC(=O)C1C.CC1C(=O)OCC1Nc1ccccc1.CC1CCC(=O)N1C.CC1CCNC1=O.CC1COC(=O)C1Cl.CCOC(C)C1OC(=O)C(C)C1OCC.O=C1NC2C=CC1C2. The zero-order valence-corrected chi connectivity index (χ0v) is 51.2. The second-order valence-corrected chi connectivity index (χ2v) is 22.5. The molecule has 0 aromatic heterocycles. The third-order valence-electron chi connectivity index (χ3n) is 15.6. The van der Waals surface area contributed by atoms with Crippen molar-refractivity contribution in [2.24, 2.45) is 41.4 Å². The number of anilines is 1. The highest BCUT2D eigenvalue weighted by Gasteiger charge is 2.45. The monoisotopic (exact) mass is 1180 g/mol. The number of imide groups is 1. The number of amides is 5. The fourth-order valence-corrected chi connectivity index (χ4v) is 9.52. The second-order valence-electron chi connectivity index (χ2n) is 22.0. The number of hydrogen-bond acceptors (Lipinski definition) is 16. The van der Waals surface area contributed by atoms with Gasteiger partial charge in [0.2, 0.25) is 29.5 Å². The van der Waals surface area contributed by atoms with Gasteiger partial charge in [-0.05, 0) is 92.3 Å². The Morgan fingerprint density at radius 2 is 1.40 bits per heavy atom. The molecular formula is C62H88ClN5O15. The van der Waals surface area contributed by atoms with Crippen molar-refractivity contribution in [2.75, 3.05) is 51.9 Å². The molecule has 2 bridgehead atoms. The van der Waals surface area contributed by atoms with Crippen LogP contribution in [0.1, 0.15) is 113 Å². The molecule has 21 heteroatoms. The average molecular weight is 1180 g/mol. The van der Waals surface area contributed by atoms with Crippen LogP contribution in [-0.2, 0) is 71.6 Å². The number of carbonyl (C=O) groups is 9. The standard InChI is InChI=1S/C12H12O2.C11H13NO2.C11H20O4.C6H9NO2.C6H7NO.C6H11NO.C5H7ClO2.C5H9NO/c1-8-4-3-5-10(6-8)11-7-14-12(13)9(11)2;1-8-10(7-14-11(8)13)12-9-5-3-2-4-6-9;1-5-13-8(4)10-9(14-6-2)7(3)11(12)15-10;1-3-4(2)6(9)7-5(3)8;8-6-4-1-2-5(3-4)7-6;1-5-3-4-6(8)7(5)2;1-3-2-8-5(7)4(3)6;1-4-2-3-6-5(4)7/h3-6H,7H2,1-2H3;2-6,8,10,12H,7H2,1H3;7-10H,5-6H2,1-4H3;3-4H,1-2H3,(H,7,8,9);1-2,4-5H,3H2,(H,7,8);5H,3-4H2,1-2H3;3-4H,2H2,1H3;4H,2-3H2,1H3,(H,6,7). The van der Waals surface area contributed by atoms with Gasteiger partial charge in [0.1, 0.15) is 24.7 Å². The first-order valence-electron chi connectivity index (χ1n) is 28.8. The van der Waals surface area contributed by atoms with Gasteiger partial charge in [0, 0.05) is 85.8 Å². The van der Waals surface area contributed by atoms with Crippen molar-refractivity contribution in [1.82, 2.24) is 20.9 Å². The maximum Gasteiger partial charge on any atom is 0.334 e. The largest absolute Gasteiger partial charge is 0.464 e. The van der Waals surface area contributed by atoms with Crippen molar-refractivity contribution in [3.05, 3.63) is 83.4 Å². The van der Waals surface area contributed by atoms with E-state index in [0.29, 0.717) is 45.1 Å². The number of ether oxygens (including phenoxy) is 6. The van der Waals surface area contributed by atoms with Crippen molar-refractivity contribution < 1.29 is 71.6 Å². The molecular weight excluding hydrogens is 1090 g/mol. The van der Waals surface area contributed by atoms with Crippen molar-refractivity contribution in [3.63, 3.8) is 0 Å². The van der Waals surface area contributed by atoms with E-state index in [2.05, 4.69) is 45.1 Å². The summed E-state index contributed by atoms with van der Waals surface area (Å²) >= 11 is 5.54. The van der Waals surface area contributed by atoms with Crippen molar-refractivity contribution >= 4 is 76.3 Å². The molecule has 20 nitrogen and oxygen atoms in total. The van der Waals surface area contributed by atoms with Crippen LogP contribution >= 0.6 is 11.6 Å². The molecule has 8 aliphatic heterocycles. The summed E-state index contributed by atoms with van der Waals surface area (Å²) in [6, 6.07) is 18.9. The van der Waals surface area contributed by atoms with E-state index in [4.69, 9.17) is 35.3 Å². The predicted molar refractivity (Wildman–Crippen MR) is 313 cm³/mol. The zero-order valence-electron chi connectivity index (χ0n) is 50.5. The number of hydrogen-bond donors (Lipinski definition) is 4. The molecule has 14 atom stereocenters. The molecule has 458 valence electrons. The van der Waals surface area contributed by atoms with E-state index in [9.17, 15) is 43.2 Å². The first-order chi connectivity index (χ1) is 39.3. The number of likely N-dealkylation sites (tertiary alicyclic amines) is 1. The van der Waals surface area contributed by atoms with E-state index in [1.807, 2.05) is 124 Å². The lowest BCUT2D eigenvalue weighted by Gasteiger charge is -2.24. The third-order valence-corrected chi connectivity index (χ3v) is 16.2. The lowest BCUT2D eigenvalue weighted by atomic mass is 10.00. The number of halogens is 1. The highest BCUT2D eigenvalue weighted by atomic mass is 35.5. The highest BCUT2D eigenvalue weighted by Crippen LogP contribution is 2.29. The van der Waals surface area contributed by atoms with Gasteiger partial charge < -0.3 is 49.3 Å². The topological polar surface area (TPSA) is 260 Å². The van der Waals surface area contributed by atoms with Crippen LogP contribution in [0.25, 0.3) is 5.57 Å². The van der Waals surface area contributed by atoms with Crippen molar-refractivity contribution in [2.45, 2.75) is 151 Å². The molecule has 0 radical (unpaired) electrons. The molecule has 7 fully saturated rings. The van der Waals surface area contributed by atoms with Crippen molar-refractivity contribution in [3.8, 4) is 0 Å². The number of nitrogens with zero attached hydrogens (tertiary/aromatic N) is 1. The summed E-state index contributed by atoms with van der Waals surface area (Å²) in [5.74, 6) is -0.244. The van der Waals surface area contributed by atoms with Crippen LogP contribution in [0.4, 0.5) is 5.69 Å². The van der Waals surface area contributed by atoms with Gasteiger partial charge >= 0.3 is 23.9 Å². The molecule has 11 rings (SSSR count). The van der Waals surface area contributed by atoms with Gasteiger partial charge in [-0.25, -0.2) is 4.79 Å². The van der Waals surface area contributed by atoms with Crippen molar-refractivity contribution in [1.29, 1.82) is 0 Å². The minimum absolute atomic E-state index is 0.0600. The summed E-state index contributed by atoms with van der Waals surface area (Å²) in [6.45, 7) is 26.2. The van der Waals surface area contributed by atoms with E-state index in [1.165, 1.54) is 5.56 Å². The van der Waals surface area contributed by atoms with Gasteiger partial charge in [0.15, 0.2) is 6.10 Å². The third kappa shape index (κ3) is 20.6. The van der Waals surface area contributed by atoms with Crippen LogP contribution in [-0.4, -0.2) is 147 Å².